The van der Waals surface area contributed by atoms with Crippen molar-refractivity contribution in [2.24, 2.45) is 0 Å². The Morgan fingerprint density at radius 1 is 1.41 bits per heavy atom. The van der Waals surface area contributed by atoms with Gasteiger partial charge in [-0.25, -0.2) is 4.98 Å². The molecule has 0 atom stereocenters. The Hall–Kier alpha value is -2.87. The molecule has 0 fully saturated rings. The number of rotatable bonds is 4. The van der Waals surface area contributed by atoms with Crippen molar-refractivity contribution >= 4 is 17.2 Å². The lowest BCUT2D eigenvalue weighted by molar-refractivity contribution is -0.131. The SMILES string of the molecule is C=CCC(=O)N1CCc2c(cnc(C)c2-c2noc(-c3csc(C)n3)n2)C1. The van der Waals surface area contributed by atoms with E-state index in [2.05, 4.69) is 26.7 Å². The van der Waals surface area contributed by atoms with Crippen LogP contribution in [0.5, 0.6) is 0 Å². The Labute approximate surface area is 160 Å². The van der Waals surface area contributed by atoms with Gasteiger partial charge in [-0.15, -0.1) is 17.9 Å². The third kappa shape index (κ3) is 3.28. The molecule has 0 saturated carbocycles. The molecule has 0 saturated heterocycles. The maximum atomic E-state index is 12.2. The van der Waals surface area contributed by atoms with Crippen LogP contribution < -0.4 is 0 Å². The minimum Gasteiger partial charge on any atom is -0.338 e. The van der Waals surface area contributed by atoms with Crippen LogP contribution in [0.3, 0.4) is 0 Å². The van der Waals surface area contributed by atoms with E-state index in [1.54, 1.807) is 17.4 Å². The highest BCUT2D eigenvalue weighted by atomic mass is 32.1. The first-order chi connectivity index (χ1) is 13.1. The van der Waals surface area contributed by atoms with Crippen molar-refractivity contribution in [2.45, 2.75) is 33.2 Å². The lowest BCUT2D eigenvalue weighted by atomic mass is 9.94. The number of carbonyl (C=O) groups is 1. The van der Waals surface area contributed by atoms with E-state index in [1.807, 2.05) is 30.3 Å². The summed E-state index contributed by atoms with van der Waals surface area (Å²) in [4.78, 5) is 27.5. The Morgan fingerprint density at radius 3 is 3.00 bits per heavy atom. The molecule has 1 aliphatic rings. The zero-order chi connectivity index (χ0) is 19.0. The van der Waals surface area contributed by atoms with Gasteiger partial charge in [-0.3, -0.25) is 9.78 Å². The molecule has 0 aromatic carbocycles. The van der Waals surface area contributed by atoms with E-state index < -0.39 is 0 Å². The highest BCUT2D eigenvalue weighted by Crippen LogP contribution is 2.32. The van der Waals surface area contributed by atoms with E-state index in [-0.39, 0.29) is 5.91 Å². The Bertz CT molecular complexity index is 1020. The van der Waals surface area contributed by atoms with Crippen LogP contribution >= 0.6 is 11.3 Å². The summed E-state index contributed by atoms with van der Waals surface area (Å²) in [6.07, 6.45) is 4.56. The van der Waals surface area contributed by atoms with Gasteiger partial charge < -0.3 is 9.42 Å². The maximum Gasteiger partial charge on any atom is 0.277 e. The molecule has 4 heterocycles. The molecule has 0 N–H and O–H groups in total. The van der Waals surface area contributed by atoms with Crippen LogP contribution in [-0.4, -0.2) is 37.5 Å². The molecule has 27 heavy (non-hydrogen) atoms. The van der Waals surface area contributed by atoms with E-state index in [9.17, 15) is 4.79 Å². The van der Waals surface area contributed by atoms with Gasteiger partial charge in [-0.1, -0.05) is 11.2 Å². The number of pyridine rings is 1. The second-order valence-electron chi connectivity index (χ2n) is 6.46. The predicted molar refractivity (Wildman–Crippen MR) is 102 cm³/mol. The summed E-state index contributed by atoms with van der Waals surface area (Å²) in [5, 5.41) is 7.02. The number of amides is 1. The van der Waals surface area contributed by atoms with Crippen molar-refractivity contribution in [3.63, 3.8) is 0 Å². The van der Waals surface area contributed by atoms with Crippen LogP contribution in [0.1, 0.15) is 28.2 Å². The number of aromatic nitrogens is 4. The van der Waals surface area contributed by atoms with Crippen molar-refractivity contribution in [3.8, 4) is 23.0 Å². The van der Waals surface area contributed by atoms with Crippen LogP contribution in [-0.2, 0) is 17.8 Å². The van der Waals surface area contributed by atoms with Gasteiger partial charge >= 0.3 is 0 Å². The molecule has 1 aliphatic heterocycles. The number of fused-ring (bicyclic) bond motifs is 1. The van der Waals surface area contributed by atoms with Crippen LogP contribution in [0.15, 0.2) is 28.8 Å². The Balaban J connectivity index is 1.69. The minimum absolute atomic E-state index is 0.0820. The molecule has 0 bridgehead atoms. The lowest BCUT2D eigenvalue weighted by Crippen LogP contribution is -2.36. The summed E-state index contributed by atoms with van der Waals surface area (Å²) < 4.78 is 5.44. The van der Waals surface area contributed by atoms with Gasteiger partial charge in [0, 0.05) is 42.3 Å². The summed E-state index contributed by atoms with van der Waals surface area (Å²) in [6.45, 7) is 8.72. The average Bonchev–Trinajstić information content (AvgIpc) is 3.30. The van der Waals surface area contributed by atoms with Crippen molar-refractivity contribution in [2.75, 3.05) is 6.54 Å². The molecule has 3 aromatic rings. The number of thiazole rings is 1. The average molecular weight is 381 g/mol. The second-order valence-corrected chi connectivity index (χ2v) is 7.52. The van der Waals surface area contributed by atoms with Crippen LogP contribution in [0.2, 0.25) is 0 Å². The molecular weight excluding hydrogens is 362 g/mol. The molecular formula is C19H19N5O2S. The third-order valence-corrected chi connectivity index (χ3v) is 5.39. The molecule has 0 unspecified atom stereocenters. The zero-order valence-corrected chi connectivity index (χ0v) is 16.0. The summed E-state index contributed by atoms with van der Waals surface area (Å²) in [7, 11) is 0. The van der Waals surface area contributed by atoms with Gasteiger partial charge in [0.15, 0.2) is 0 Å². The summed E-state index contributed by atoms with van der Waals surface area (Å²) in [6, 6.07) is 0. The van der Waals surface area contributed by atoms with Gasteiger partial charge in [0.1, 0.15) is 5.69 Å². The van der Waals surface area contributed by atoms with E-state index in [0.29, 0.717) is 36.9 Å². The fourth-order valence-corrected chi connectivity index (χ4v) is 3.89. The van der Waals surface area contributed by atoms with Crippen molar-refractivity contribution in [3.05, 3.63) is 46.1 Å². The third-order valence-electron chi connectivity index (χ3n) is 4.62. The number of hydrogen-bond acceptors (Lipinski definition) is 7. The molecule has 8 heteroatoms. The molecule has 0 radical (unpaired) electrons. The van der Waals surface area contributed by atoms with Crippen molar-refractivity contribution in [1.82, 2.24) is 25.0 Å². The second kappa shape index (κ2) is 7.03. The van der Waals surface area contributed by atoms with Crippen LogP contribution in [0.4, 0.5) is 0 Å². The first kappa shape index (κ1) is 17.5. The largest absolute Gasteiger partial charge is 0.338 e. The number of aryl methyl sites for hydroxylation is 2. The van der Waals surface area contributed by atoms with E-state index >= 15 is 0 Å². The van der Waals surface area contributed by atoms with Crippen LogP contribution in [0, 0.1) is 13.8 Å². The Morgan fingerprint density at radius 2 is 2.26 bits per heavy atom. The molecule has 138 valence electrons. The number of nitrogens with zero attached hydrogens (tertiary/aromatic N) is 5. The maximum absolute atomic E-state index is 12.2. The van der Waals surface area contributed by atoms with Crippen molar-refractivity contribution in [1.29, 1.82) is 0 Å². The van der Waals surface area contributed by atoms with E-state index in [0.717, 1.165) is 33.8 Å². The zero-order valence-electron chi connectivity index (χ0n) is 15.2. The first-order valence-corrected chi connectivity index (χ1v) is 9.57. The standard InChI is InChI=1S/C19H19N5O2S/c1-4-5-16(25)24-7-6-14-13(9-24)8-20-11(2)17(14)18-22-19(26-23-18)15-10-27-12(3)21-15/h4,8,10H,1,5-7,9H2,2-3H3. The van der Waals surface area contributed by atoms with Crippen LogP contribution in [0.25, 0.3) is 23.0 Å². The quantitative estimate of drug-likeness (QED) is 0.645. The summed E-state index contributed by atoms with van der Waals surface area (Å²) >= 11 is 1.54. The summed E-state index contributed by atoms with van der Waals surface area (Å²) in [5.74, 6) is 1.01. The normalized spacial score (nSPS) is 13.5. The topological polar surface area (TPSA) is 85.0 Å². The minimum atomic E-state index is 0.0820. The molecule has 0 spiro atoms. The number of carbonyl (C=O) groups excluding carboxylic acids is 1. The Kier molecular flexibility index (Phi) is 4.57. The number of hydrogen-bond donors (Lipinski definition) is 0. The van der Waals surface area contributed by atoms with Gasteiger partial charge in [-0.2, -0.15) is 4.98 Å². The molecule has 0 aliphatic carbocycles. The summed E-state index contributed by atoms with van der Waals surface area (Å²) in [5.41, 5.74) is 4.58. The molecule has 1 amide bonds. The van der Waals surface area contributed by atoms with Gasteiger partial charge in [0.25, 0.3) is 5.89 Å². The first-order valence-electron chi connectivity index (χ1n) is 8.69. The highest BCUT2D eigenvalue weighted by Gasteiger charge is 2.26. The van der Waals surface area contributed by atoms with Gasteiger partial charge in [0.2, 0.25) is 11.7 Å². The lowest BCUT2D eigenvalue weighted by Gasteiger charge is -2.29. The van der Waals surface area contributed by atoms with Crippen molar-refractivity contribution < 1.29 is 9.32 Å². The fraction of sp³-hybridized carbons (Fsp3) is 0.316. The molecule has 7 nitrogen and oxygen atoms in total. The van der Waals surface area contributed by atoms with Gasteiger partial charge in [0.05, 0.1) is 5.01 Å². The monoisotopic (exact) mass is 381 g/mol. The highest BCUT2D eigenvalue weighted by molar-refractivity contribution is 7.09. The molecule has 4 rings (SSSR count). The smallest absolute Gasteiger partial charge is 0.277 e. The van der Waals surface area contributed by atoms with E-state index in [4.69, 9.17) is 4.52 Å². The predicted octanol–water partition coefficient (Wildman–Crippen LogP) is 3.33. The van der Waals surface area contributed by atoms with Gasteiger partial charge in [-0.05, 0) is 31.4 Å². The van der Waals surface area contributed by atoms with E-state index in [1.165, 1.54) is 0 Å². The fourth-order valence-electron chi connectivity index (χ4n) is 3.30. The molecule has 3 aromatic heterocycles.